The summed E-state index contributed by atoms with van der Waals surface area (Å²) in [7, 11) is 1.48. The second-order valence-electron chi connectivity index (χ2n) is 10.0. The largest absolute Gasteiger partial charge is 0.469 e. The Morgan fingerprint density at radius 2 is 2.04 bits per heavy atom. The fourth-order valence-electron chi connectivity index (χ4n) is 7.13. The van der Waals surface area contributed by atoms with E-state index in [1.165, 1.54) is 38.4 Å². The van der Waals surface area contributed by atoms with Crippen molar-refractivity contribution in [3.8, 4) is 0 Å². The molecule has 0 bridgehead atoms. The maximum Gasteiger partial charge on any atom is 0.305 e. The molecular weight excluding hydrogens is 348 g/mol. The van der Waals surface area contributed by atoms with Crippen LogP contribution in [0, 0.1) is 34.5 Å². The fraction of sp³-hybridized carbons (Fsp3) is 0.680. The number of carbonyl (C=O) groups is 2. The van der Waals surface area contributed by atoms with Crippen LogP contribution in [0.25, 0.3) is 0 Å². The Balaban J connectivity index is 1.57. The van der Waals surface area contributed by atoms with Crippen LogP contribution in [0.2, 0.25) is 0 Å². The van der Waals surface area contributed by atoms with Crippen LogP contribution in [0.3, 0.4) is 0 Å². The number of methoxy groups -OCH3 is 1. The Morgan fingerprint density at radius 3 is 2.79 bits per heavy atom. The molecule has 0 aromatic heterocycles. The van der Waals surface area contributed by atoms with Crippen molar-refractivity contribution in [2.75, 3.05) is 7.11 Å². The molecule has 0 N–H and O–H groups in total. The first kappa shape index (κ1) is 19.7. The van der Waals surface area contributed by atoms with Crippen LogP contribution >= 0.6 is 0 Å². The molecule has 2 saturated carbocycles. The minimum atomic E-state index is -0.0869. The first-order chi connectivity index (χ1) is 13.3. The Morgan fingerprint density at radius 1 is 1.25 bits per heavy atom. The van der Waals surface area contributed by atoms with Gasteiger partial charge in [-0.15, -0.1) is 0 Å². The van der Waals surface area contributed by atoms with Crippen molar-refractivity contribution in [2.45, 2.75) is 65.7 Å². The number of allylic oxidation sites excluding steroid dienone is 6. The zero-order valence-corrected chi connectivity index (χ0v) is 17.8. The summed E-state index contributed by atoms with van der Waals surface area (Å²) in [5.41, 5.74) is 3.32. The molecule has 0 radical (unpaired) electrons. The molecular formula is C25H34O3. The first-order valence-corrected chi connectivity index (χ1v) is 11.0. The van der Waals surface area contributed by atoms with Gasteiger partial charge in [0.15, 0.2) is 5.78 Å². The number of ketones is 1. The average Bonchev–Trinajstić information content (AvgIpc) is 3.03. The molecule has 0 aromatic rings. The highest BCUT2D eigenvalue weighted by Crippen LogP contribution is 2.65. The molecule has 6 atom stereocenters. The zero-order valence-electron chi connectivity index (χ0n) is 17.8. The van der Waals surface area contributed by atoms with Gasteiger partial charge in [0.05, 0.1) is 7.11 Å². The lowest BCUT2D eigenvalue weighted by atomic mass is 9.50. The van der Waals surface area contributed by atoms with Gasteiger partial charge in [-0.1, -0.05) is 44.1 Å². The minimum absolute atomic E-state index is 0.0217. The van der Waals surface area contributed by atoms with Gasteiger partial charge in [0.25, 0.3) is 0 Å². The third kappa shape index (κ3) is 2.93. The van der Waals surface area contributed by atoms with Crippen LogP contribution in [0.15, 0.2) is 35.5 Å². The lowest BCUT2D eigenvalue weighted by Gasteiger charge is -2.53. The summed E-state index contributed by atoms with van der Waals surface area (Å²) in [5, 5.41) is 0. The maximum atomic E-state index is 11.9. The van der Waals surface area contributed by atoms with E-state index in [4.69, 9.17) is 4.74 Å². The second kappa shape index (κ2) is 7.00. The molecule has 4 rings (SSSR count). The van der Waals surface area contributed by atoms with Gasteiger partial charge in [-0.25, -0.2) is 0 Å². The SMILES string of the molecule is COC(=O)CC[C@@H](C)[C@H]1CC[C@H]2C3=CCC4=CC(=O)C=C[C@]4(C)[C@H]3CC[C@]12C. The Labute approximate surface area is 169 Å². The summed E-state index contributed by atoms with van der Waals surface area (Å²) >= 11 is 0. The molecule has 0 heterocycles. The average molecular weight is 383 g/mol. The quantitative estimate of drug-likeness (QED) is 0.482. The summed E-state index contributed by atoms with van der Waals surface area (Å²) < 4.78 is 4.85. The van der Waals surface area contributed by atoms with E-state index in [0.29, 0.717) is 35.5 Å². The lowest BCUT2D eigenvalue weighted by Crippen LogP contribution is -2.45. The highest BCUT2D eigenvalue weighted by Gasteiger charge is 2.56. The molecule has 0 aromatic carbocycles. The molecule has 0 aliphatic heterocycles. The van der Waals surface area contributed by atoms with Gasteiger partial charge in [0.1, 0.15) is 0 Å². The van der Waals surface area contributed by atoms with Crippen molar-refractivity contribution < 1.29 is 14.3 Å². The molecule has 4 aliphatic rings. The monoisotopic (exact) mass is 382 g/mol. The van der Waals surface area contributed by atoms with Crippen LogP contribution in [0.4, 0.5) is 0 Å². The molecule has 4 aliphatic carbocycles. The third-order valence-electron chi connectivity index (χ3n) is 8.79. The molecule has 2 fully saturated rings. The summed E-state index contributed by atoms with van der Waals surface area (Å²) in [6.07, 6.45) is 15.7. The van der Waals surface area contributed by atoms with Crippen molar-refractivity contribution in [3.05, 3.63) is 35.5 Å². The molecule has 3 nitrogen and oxygen atoms in total. The number of rotatable bonds is 4. The van der Waals surface area contributed by atoms with Gasteiger partial charge in [-0.05, 0) is 79.8 Å². The maximum absolute atomic E-state index is 11.9. The van der Waals surface area contributed by atoms with Crippen LogP contribution < -0.4 is 0 Å². The topological polar surface area (TPSA) is 43.4 Å². The van der Waals surface area contributed by atoms with Crippen LogP contribution in [-0.2, 0) is 14.3 Å². The smallest absolute Gasteiger partial charge is 0.305 e. The van der Waals surface area contributed by atoms with E-state index >= 15 is 0 Å². The second-order valence-corrected chi connectivity index (χ2v) is 10.0. The number of hydrogen-bond donors (Lipinski definition) is 0. The van der Waals surface area contributed by atoms with E-state index in [-0.39, 0.29) is 17.2 Å². The third-order valence-corrected chi connectivity index (χ3v) is 8.79. The van der Waals surface area contributed by atoms with E-state index in [0.717, 1.165) is 12.8 Å². The molecule has 152 valence electrons. The van der Waals surface area contributed by atoms with Gasteiger partial charge in [0, 0.05) is 11.8 Å². The summed E-state index contributed by atoms with van der Waals surface area (Å²) in [6, 6.07) is 0. The molecule has 0 saturated heterocycles. The summed E-state index contributed by atoms with van der Waals surface area (Å²) in [5.74, 6) is 2.48. The van der Waals surface area contributed by atoms with Gasteiger partial charge in [-0.3, -0.25) is 9.59 Å². The Kier molecular flexibility index (Phi) is 4.92. The van der Waals surface area contributed by atoms with Crippen molar-refractivity contribution in [2.24, 2.45) is 34.5 Å². The van der Waals surface area contributed by atoms with Crippen molar-refractivity contribution >= 4 is 11.8 Å². The van der Waals surface area contributed by atoms with Crippen molar-refractivity contribution in [1.29, 1.82) is 0 Å². The number of carbonyl (C=O) groups excluding carboxylic acids is 2. The summed E-state index contributed by atoms with van der Waals surface area (Å²) in [6.45, 7) is 7.18. The van der Waals surface area contributed by atoms with E-state index < -0.39 is 0 Å². The fourth-order valence-corrected chi connectivity index (χ4v) is 7.13. The number of hydrogen-bond acceptors (Lipinski definition) is 3. The zero-order chi connectivity index (χ0) is 20.1. The molecule has 0 unspecified atom stereocenters. The van der Waals surface area contributed by atoms with E-state index in [9.17, 15) is 9.59 Å². The number of ether oxygens (including phenoxy) is 1. The van der Waals surface area contributed by atoms with Gasteiger partial charge < -0.3 is 4.74 Å². The first-order valence-electron chi connectivity index (χ1n) is 11.0. The van der Waals surface area contributed by atoms with Crippen LogP contribution in [0.1, 0.15) is 65.7 Å². The standard InChI is InChI=1S/C25H34O3/c1-16(5-10-23(27)28-4)20-8-9-21-19-7-6-17-15-18(26)11-13-24(17,2)22(19)12-14-25(20,21)3/h7,11,13,15-16,20-22H,5-6,8-10,12,14H2,1-4H3/t16-,20-,21+,22+,24+,25-/m1/s1. The number of fused-ring (bicyclic) bond motifs is 5. The normalized spacial score (nSPS) is 40.0. The summed E-state index contributed by atoms with van der Waals surface area (Å²) in [4.78, 5) is 23.5. The predicted octanol–water partition coefficient (Wildman–Crippen LogP) is 5.42. The Bertz CT molecular complexity index is 773. The highest BCUT2D eigenvalue weighted by atomic mass is 16.5. The van der Waals surface area contributed by atoms with Gasteiger partial charge in [0.2, 0.25) is 0 Å². The Hall–Kier alpha value is -1.64. The van der Waals surface area contributed by atoms with Crippen molar-refractivity contribution in [1.82, 2.24) is 0 Å². The minimum Gasteiger partial charge on any atom is -0.469 e. The van der Waals surface area contributed by atoms with Crippen LogP contribution in [0.5, 0.6) is 0 Å². The van der Waals surface area contributed by atoms with E-state index in [1.54, 1.807) is 11.6 Å². The predicted molar refractivity (Wildman–Crippen MR) is 110 cm³/mol. The molecule has 0 amide bonds. The molecule has 0 spiro atoms. The van der Waals surface area contributed by atoms with Gasteiger partial charge >= 0.3 is 5.97 Å². The lowest BCUT2D eigenvalue weighted by molar-refractivity contribution is -0.141. The van der Waals surface area contributed by atoms with Gasteiger partial charge in [-0.2, -0.15) is 0 Å². The van der Waals surface area contributed by atoms with E-state index in [2.05, 4.69) is 32.9 Å². The number of esters is 1. The van der Waals surface area contributed by atoms with Crippen molar-refractivity contribution in [3.63, 3.8) is 0 Å². The highest BCUT2D eigenvalue weighted by molar-refractivity contribution is 6.01. The molecule has 3 heteroatoms. The van der Waals surface area contributed by atoms with Crippen LogP contribution in [-0.4, -0.2) is 18.9 Å². The van der Waals surface area contributed by atoms with E-state index in [1.807, 2.05) is 6.08 Å². The molecule has 28 heavy (non-hydrogen) atoms.